The highest BCUT2D eigenvalue weighted by Gasteiger charge is 2.15. The Hall–Kier alpha value is -8.54. The van der Waals surface area contributed by atoms with Crippen LogP contribution in [0, 0.1) is 13.8 Å². The minimum absolute atomic E-state index is 0.820. The molecule has 0 aromatic heterocycles. The van der Waals surface area contributed by atoms with Crippen LogP contribution in [0.2, 0.25) is 0 Å². The fourth-order valence-electron chi connectivity index (χ4n) is 8.50. The Labute approximate surface area is 414 Å². The number of ether oxygens (including phenoxy) is 1. The summed E-state index contributed by atoms with van der Waals surface area (Å²) in [7, 11) is 1.70. The molecule has 0 spiro atoms. The number of aryl methyl sites for hydroxylation is 2. The second kappa shape index (κ2) is 22.5. The van der Waals surface area contributed by atoms with Gasteiger partial charge in [0.2, 0.25) is 0 Å². The second-order valence-electron chi connectivity index (χ2n) is 17.6. The molecule has 0 unspecified atom stereocenters. The van der Waals surface area contributed by atoms with Gasteiger partial charge in [-0.05, 0) is 176 Å². The van der Waals surface area contributed by atoms with Crippen LogP contribution in [0.15, 0.2) is 224 Å². The number of rotatable bonds is 18. The van der Waals surface area contributed by atoms with Crippen molar-refractivity contribution >= 4 is 81.2 Å². The number of unbranched alkanes of at least 4 members (excludes halogenated alkanes) is 1. The fourth-order valence-corrected chi connectivity index (χ4v) is 8.50. The lowest BCUT2D eigenvalue weighted by Crippen LogP contribution is -2.10. The van der Waals surface area contributed by atoms with E-state index in [0.717, 1.165) is 97.8 Å². The zero-order valence-corrected chi connectivity index (χ0v) is 40.5. The van der Waals surface area contributed by atoms with E-state index in [4.69, 9.17) is 4.74 Å². The Morgan fingerprint density at radius 1 is 0.357 bits per heavy atom. The summed E-state index contributed by atoms with van der Waals surface area (Å²) in [6.07, 6.45) is 11.0. The standard InChI is InChI=1S/C65H60N4O/c1-5-6-48-66-55-28-42-63(43-29-55)68(58-32-14-50(3)15-33-58)60-36-22-52(23-37-60)18-19-54-26-40-62(41-27-54)69(64-44-46-65(70-4)47-45-64)61-38-24-53(25-39-61)17-16-51-20-34-59(35-21-51)67(56-10-8-7-9-11-56)57-30-12-49(2)13-31-57/h7-47,66H,5-6,48H2,1-4H3/b17-16+,19-18+. The first-order valence-corrected chi connectivity index (χ1v) is 24.2. The maximum absolute atomic E-state index is 5.52. The van der Waals surface area contributed by atoms with Crippen LogP contribution >= 0.6 is 0 Å². The molecule has 0 bridgehead atoms. The van der Waals surface area contributed by atoms with E-state index in [1.165, 1.54) is 17.5 Å². The third-order valence-corrected chi connectivity index (χ3v) is 12.5. The van der Waals surface area contributed by atoms with Crippen LogP contribution in [0.3, 0.4) is 0 Å². The van der Waals surface area contributed by atoms with Gasteiger partial charge in [-0.3, -0.25) is 0 Å². The molecule has 0 heterocycles. The normalized spacial score (nSPS) is 11.2. The average molecular weight is 913 g/mol. The molecule has 0 aliphatic heterocycles. The summed E-state index contributed by atoms with van der Waals surface area (Å²) in [6, 6.07) is 79.9. The van der Waals surface area contributed by atoms with Crippen LogP contribution in [-0.4, -0.2) is 13.7 Å². The van der Waals surface area contributed by atoms with Crippen molar-refractivity contribution in [1.29, 1.82) is 0 Å². The van der Waals surface area contributed by atoms with Gasteiger partial charge in [0.05, 0.1) is 7.11 Å². The minimum Gasteiger partial charge on any atom is -0.497 e. The number of para-hydroxylation sites is 1. The largest absolute Gasteiger partial charge is 0.497 e. The van der Waals surface area contributed by atoms with Crippen LogP contribution in [0.4, 0.5) is 56.9 Å². The monoisotopic (exact) mass is 912 g/mol. The molecule has 0 aliphatic carbocycles. The summed E-state index contributed by atoms with van der Waals surface area (Å²) in [5.74, 6) is 0.820. The van der Waals surface area contributed by atoms with Crippen molar-refractivity contribution in [1.82, 2.24) is 0 Å². The number of nitrogens with one attached hydrogen (secondary N) is 1. The van der Waals surface area contributed by atoms with Crippen molar-refractivity contribution in [2.75, 3.05) is 33.7 Å². The van der Waals surface area contributed by atoms with E-state index in [1.54, 1.807) is 7.11 Å². The number of hydrogen-bond donors (Lipinski definition) is 1. The van der Waals surface area contributed by atoms with E-state index in [0.29, 0.717) is 0 Å². The first-order chi connectivity index (χ1) is 34.4. The molecular formula is C65H60N4O. The zero-order valence-electron chi connectivity index (χ0n) is 40.5. The van der Waals surface area contributed by atoms with Crippen LogP contribution in [0.25, 0.3) is 24.3 Å². The fraction of sp³-hybridized carbons (Fsp3) is 0.108. The van der Waals surface area contributed by atoms with Gasteiger partial charge in [0, 0.05) is 63.4 Å². The van der Waals surface area contributed by atoms with Crippen molar-refractivity contribution < 1.29 is 4.74 Å². The molecule has 0 fully saturated rings. The smallest absolute Gasteiger partial charge is 0.119 e. The number of anilines is 10. The highest BCUT2D eigenvalue weighted by molar-refractivity contribution is 5.82. The Kier molecular flexibility index (Phi) is 15.0. The zero-order chi connectivity index (χ0) is 48.1. The first kappa shape index (κ1) is 46.6. The van der Waals surface area contributed by atoms with Crippen LogP contribution in [0.5, 0.6) is 5.75 Å². The van der Waals surface area contributed by atoms with Crippen LogP contribution in [-0.2, 0) is 0 Å². The van der Waals surface area contributed by atoms with Crippen LogP contribution < -0.4 is 24.8 Å². The Morgan fingerprint density at radius 2 is 0.643 bits per heavy atom. The second-order valence-corrected chi connectivity index (χ2v) is 17.6. The molecule has 0 aliphatic rings. The average Bonchev–Trinajstić information content (AvgIpc) is 3.41. The van der Waals surface area contributed by atoms with Crippen molar-refractivity contribution in [2.45, 2.75) is 33.6 Å². The molecule has 0 saturated heterocycles. The number of methoxy groups -OCH3 is 1. The van der Waals surface area contributed by atoms with Gasteiger partial charge in [-0.15, -0.1) is 0 Å². The van der Waals surface area contributed by atoms with Gasteiger partial charge in [0.1, 0.15) is 5.75 Å². The number of nitrogens with zero attached hydrogens (tertiary/aromatic N) is 3. The number of benzene rings is 9. The van der Waals surface area contributed by atoms with E-state index in [1.807, 2.05) is 12.1 Å². The molecule has 0 amide bonds. The highest BCUT2D eigenvalue weighted by Crippen LogP contribution is 2.39. The van der Waals surface area contributed by atoms with Gasteiger partial charge in [-0.25, -0.2) is 0 Å². The lowest BCUT2D eigenvalue weighted by atomic mass is 10.1. The Morgan fingerprint density at radius 3 is 0.957 bits per heavy atom. The molecule has 0 atom stereocenters. The van der Waals surface area contributed by atoms with Crippen LogP contribution in [0.1, 0.15) is 53.1 Å². The summed E-state index contributed by atoms with van der Waals surface area (Å²) in [6.45, 7) is 7.45. The maximum atomic E-state index is 5.52. The summed E-state index contributed by atoms with van der Waals surface area (Å²) in [4.78, 5) is 6.88. The highest BCUT2D eigenvalue weighted by atomic mass is 16.5. The topological polar surface area (TPSA) is 31.0 Å². The lowest BCUT2D eigenvalue weighted by Gasteiger charge is -2.26. The van der Waals surface area contributed by atoms with Gasteiger partial charge in [-0.2, -0.15) is 0 Å². The molecular weight excluding hydrogens is 853 g/mol. The molecule has 1 N–H and O–H groups in total. The third kappa shape index (κ3) is 11.6. The quantitative estimate of drug-likeness (QED) is 0.0685. The van der Waals surface area contributed by atoms with Crippen molar-refractivity contribution in [3.8, 4) is 5.75 Å². The molecule has 5 nitrogen and oxygen atoms in total. The Bertz CT molecular complexity index is 3090. The predicted octanol–water partition coefficient (Wildman–Crippen LogP) is 18.3. The van der Waals surface area contributed by atoms with Gasteiger partial charge < -0.3 is 24.8 Å². The maximum Gasteiger partial charge on any atom is 0.119 e. The molecule has 0 saturated carbocycles. The summed E-state index contributed by atoms with van der Waals surface area (Å²) < 4.78 is 5.52. The summed E-state index contributed by atoms with van der Waals surface area (Å²) >= 11 is 0. The number of hydrogen-bond acceptors (Lipinski definition) is 5. The molecule has 5 heteroatoms. The first-order valence-electron chi connectivity index (χ1n) is 24.2. The van der Waals surface area contributed by atoms with Crippen molar-refractivity contribution in [2.24, 2.45) is 0 Å². The summed E-state index contributed by atoms with van der Waals surface area (Å²) in [5.41, 5.74) is 18.0. The van der Waals surface area contributed by atoms with Gasteiger partial charge in [-0.1, -0.05) is 140 Å². The van der Waals surface area contributed by atoms with Crippen molar-refractivity contribution in [3.05, 3.63) is 258 Å². The minimum atomic E-state index is 0.820. The van der Waals surface area contributed by atoms with E-state index in [-0.39, 0.29) is 0 Å². The van der Waals surface area contributed by atoms with E-state index >= 15 is 0 Å². The summed E-state index contributed by atoms with van der Waals surface area (Å²) in [5, 5.41) is 3.55. The SMILES string of the molecule is CCCCNc1ccc(N(c2ccc(C)cc2)c2ccc(/C=C/c3ccc(N(c4ccc(/C=C/c5ccc(N(c6ccccc6)c6ccc(C)cc6)cc5)cc4)c4ccc(OC)cc4)cc3)cc2)cc1. The molecule has 346 valence electrons. The third-order valence-electron chi connectivity index (χ3n) is 12.5. The molecule has 0 radical (unpaired) electrons. The molecule has 70 heavy (non-hydrogen) atoms. The van der Waals surface area contributed by atoms with E-state index in [9.17, 15) is 0 Å². The predicted molar refractivity (Wildman–Crippen MR) is 301 cm³/mol. The van der Waals surface area contributed by atoms with E-state index < -0.39 is 0 Å². The molecule has 9 aromatic rings. The lowest BCUT2D eigenvalue weighted by molar-refractivity contribution is 0.415. The molecule has 9 rings (SSSR count). The van der Waals surface area contributed by atoms with Crippen molar-refractivity contribution in [3.63, 3.8) is 0 Å². The molecule has 9 aromatic carbocycles. The van der Waals surface area contributed by atoms with Gasteiger partial charge in [0.15, 0.2) is 0 Å². The van der Waals surface area contributed by atoms with E-state index in [2.05, 4.69) is 277 Å². The van der Waals surface area contributed by atoms with Gasteiger partial charge in [0.25, 0.3) is 0 Å². The Balaban J connectivity index is 0.902. The van der Waals surface area contributed by atoms with Gasteiger partial charge >= 0.3 is 0 Å².